The van der Waals surface area contributed by atoms with Crippen LogP contribution in [0.5, 0.6) is 0 Å². The highest BCUT2D eigenvalue weighted by atomic mass is 16.3. The summed E-state index contributed by atoms with van der Waals surface area (Å²) < 4.78 is 1.74. The van der Waals surface area contributed by atoms with Gasteiger partial charge in [0.05, 0.1) is 18.0 Å². The third-order valence-corrected chi connectivity index (χ3v) is 3.48. The molecule has 1 aromatic carbocycles. The average Bonchev–Trinajstić information content (AvgIpc) is 2.90. The molecule has 0 spiro atoms. The lowest BCUT2D eigenvalue weighted by Crippen LogP contribution is -2.00. The smallest absolute Gasteiger partial charge is 0.111 e. The Morgan fingerprint density at radius 3 is 2.29 bits per heavy atom. The van der Waals surface area contributed by atoms with E-state index in [1.54, 1.807) is 17.1 Å². The van der Waals surface area contributed by atoms with E-state index < -0.39 is 0 Å². The van der Waals surface area contributed by atoms with Gasteiger partial charge in [-0.05, 0) is 48.7 Å². The Morgan fingerprint density at radius 1 is 1.00 bits per heavy atom. The van der Waals surface area contributed by atoms with Crippen LogP contribution in [0.4, 0.5) is 0 Å². The zero-order valence-electron chi connectivity index (χ0n) is 11.8. The largest absolute Gasteiger partial charge is 0.390 e. The Labute approximate surface area is 122 Å². The average molecular weight is 280 g/mol. The van der Waals surface area contributed by atoms with E-state index in [0.717, 1.165) is 17.8 Å². The minimum Gasteiger partial charge on any atom is -0.390 e. The van der Waals surface area contributed by atoms with Gasteiger partial charge in [-0.2, -0.15) is 0 Å². The van der Waals surface area contributed by atoms with Crippen molar-refractivity contribution in [2.24, 2.45) is 0 Å². The van der Waals surface area contributed by atoms with E-state index in [9.17, 15) is 0 Å². The molecule has 5 heteroatoms. The van der Waals surface area contributed by atoms with Crippen molar-refractivity contribution in [2.75, 3.05) is 0 Å². The van der Waals surface area contributed by atoms with Gasteiger partial charge in [0.2, 0.25) is 0 Å². The monoisotopic (exact) mass is 280 g/mol. The fourth-order valence-electron chi connectivity index (χ4n) is 2.24. The highest BCUT2D eigenvalue weighted by Gasteiger charge is 2.08. The van der Waals surface area contributed by atoms with Crippen LogP contribution in [0, 0.1) is 6.92 Å². The number of aliphatic hydroxyl groups is 1. The number of benzene rings is 1. The second kappa shape index (κ2) is 5.85. The summed E-state index contributed by atoms with van der Waals surface area (Å²) in [5.74, 6) is 0. The van der Waals surface area contributed by atoms with E-state index in [1.807, 2.05) is 31.2 Å². The van der Waals surface area contributed by atoms with Gasteiger partial charge in [0.15, 0.2) is 0 Å². The van der Waals surface area contributed by atoms with E-state index in [0.29, 0.717) is 5.69 Å². The van der Waals surface area contributed by atoms with Gasteiger partial charge < -0.3 is 5.11 Å². The van der Waals surface area contributed by atoms with E-state index in [4.69, 9.17) is 5.11 Å². The maximum atomic E-state index is 9.17. The SMILES string of the molecule is Cc1c(CO)nnn1-c1ccc(Cc2ccncc2)cc1. The molecule has 0 atom stereocenters. The van der Waals surface area contributed by atoms with Crippen LogP contribution in [0.15, 0.2) is 48.8 Å². The third-order valence-electron chi connectivity index (χ3n) is 3.48. The number of pyridine rings is 1. The van der Waals surface area contributed by atoms with Gasteiger partial charge in [0, 0.05) is 12.4 Å². The molecule has 0 aliphatic carbocycles. The number of aromatic nitrogens is 4. The normalized spacial score (nSPS) is 10.8. The number of aliphatic hydroxyl groups excluding tert-OH is 1. The summed E-state index contributed by atoms with van der Waals surface area (Å²) in [6.45, 7) is 1.81. The van der Waals surface area contributed by atoms with Gasteiger partial charge in [-0.1, -0.05) is 17.3 Å². The Kier molecular flexibility index (Phi) is 3.75. The van der Waals surface area contributed by atoms with Gasteiger partial charge in [-0.3, -0.25) is 4.98 Å². The first kappa shape index (κ1) is 13.5. The van der Waals surface area contributed by atoms with Crippen LogP contribution in [0.25, 0.3) is 5.69 Å². The molecule has 5 nitrogen and oxygen atoms in total. The van der Waals surface area contributed by atoms with Crippen LogP contribution >= 0.6 is 0 Å². The Bertz CT molecular complexity index is 720. The first-order chi connectivity index (χ1) is 10.3. The maximum Gasteiger partial charge on any atom is 0.111 e. The minimum absolute atomic E-state index is 0.0913. The molecular weight excluding hydrogens is 264 g/mol. The number of nitrogens with zero attached hydrogens (tertiary/aromatic N) is 4. The third kappa shape index (κ3) is 2.83. The molecule has 3 aromatic rings. The molecule has 21 heavy (non-hydrogen) atoms. The van der Waals surface area contributed by atoms with Crippen LogP contribution in [0.1, 0.15) is 22.5 Å². The topological polar surface area (TPSA) is 63.8 Å². The van der Waals surface area contributed by atoms with E-state index in [1.165, 1.54) is 11.1 Å². The molecule has 3 rings (SSSR count). The van der Waals surface area contributed by atoms with Crippen molar-refractivity contribution in [3.05, 3.63) is 71.3 Å². The van der Waals surface area contributed by atoms with Crippen molar-refractivity contribution in [2.45, 2.75) is 20.0 Å². The predicted molar refractivity (Wildman–Crippen MR) is 79.1 cm³/mol. The van der Waals surface area contributed by atoms with Crippen LogP contribution in [0.2, 0.25) is 0 Å². The Balaban J connectivity index is 1.82. The highest BCUT2D eigenvalue weighted by molar-refractivity contribution is 5.37. The van der Waals surface area contributed by atoms with Crippen LogP contribution in [-0.4, -0.2) is 25.1 Å². The Hall–Kier alpha value is -2.53. The van der Waals surface area contributed by atoms with Gasteiger partial charge in [-0.25, -0.2) is 4.68 Å². The van der Waals surface area contributed by atoms with Gasteiger partial charge >= 0.3 is 0 Å². The van der Waals surface area contributed by atoms with Crippen molar-refractivity contribution in [3.8, 4) is 5.69 Å². The lowest BCUT2D eigenvalue weighted by Gasteiger charge is -2.06. The van der Waals surface area contributed by atoms with Crippen molar-refractivity contribution in [1.82, 2.24) is 20.0 Å². The van der Waals surface area contributed by atoms with Gasteiger partial charge in [-0.15, -0.1) is 5.10 Å². The van der Waals surface area contributed by atoms with Crippen molar-refractivity contribution >= 4 is 0 Å². The van der Waals surface area contributed by atoms with Crippen molar-refractivity contribution in [1.29, 1.82) is 0 Å². The second-order valence-electron chi connectivity index (χ2n) is 4.89. The summed E-state index contributed by atoms with van der Waals surface area (Å²) in [6, 6.07) is 12.2. The van der Waals surface area contributed by atoms with Crippen molar-refractivity contribution in [3.63, 3.8) is 0 Å². The molecule has 0 fully saturated rings. The molecule has 0 unspecified atom stereocenters. The Morgan fingerprint density at radius 2 is 1.67 bits per heavy atom. The molecule has 0 amide bonds. The summed E-state index contributed by atoms with van der Waals surface area (Å²) in [6.07, 6.45) is 4.48. The van der Waals surface area contributed by atoms with Gasteiger partial charge in [0.1, 0.15) is 5.69 Å². The summed E-state index contributed by atoms with van der Waals surface area (Å²) in [7, 11) is 0. The summed E-state index contributed by atoms with van der Waals surface area (Å²) >= 11 is 0. The van der Waals surface area contributed by atoms with Crippen LogP contribution in [-0.2, 0) is 13.0 Å². The van der Waals surface area contributed by atoms with Crippen LogP contribution < -0.4 is 0 Å². The number of hydrogen-bond donors (Lipinski definition) is 1. The first-order valence-electron chi connectivity index (χ1n) is 6.78. The maximum absolute atomic E-state index is 9.17. The van der Waals surface area contributed by atoms with E-state index >= 15 is 0 Å². The molecule has 2 aromatic heterocycles. The first-order valence-corrected chi connectivity index (χ1v) is 6.78. The lowest BCUT2D eigenvalue weighted by molar-refractivity contribution is 0.276. The molecule has 0 saturated heterocycles. The molecule has 0 radical (unpaired) electrons. The number of hydrogen-bond acceptors (Lipinski definition) is 4. The molecule has 1 N–H and O–H groups in total. The standard InChI is InChI=1S/C16H16N4O/c1-12-16(11-21)18-19-20(12)15-4-2-13(3-5-15)10-14-6-8-17-9-7-14/h2-9,21H,10-11H2,1H3. The summed E-state index contributed by atoms with van der Waals surface area (Å²) in [5.41, 5.74) is 4.87. The zero-order valence-corrected chi connectivity index (χ0v) is 11.8. The summed E-state index contributed by atoms with van der Waals surface area (Å²) in [4.78, 5) is 4.02. The van der Waals surface area contributed by atoms with Crippen LogP contribution in [0.3, 0.4) is 0 Å². The molecule has 0 aliphatic rings. The fourth-order valence-corrected chi connectivity index (χ4v) is 2.24. The van der Waals surface area contributed by atoms with Gasteiger partial charge in [0.25, 0.3) is 0 Å². The quantitative estimate of drug-likeness (QED) is 0.794. The highest BCUT2D eigenvalue weighted by Crippen LogP contribution is 2.15. The summed E-state index contributed by atoms with van der Waals surface area (Å²) in [5, 5.41) is 17.2. The van der Waals surface area contributed by atoms with Crippen molar-refractivity contribution < 1.29 is 5.11 Å². The van der Waals surface area contributed by atoms with E-state index in [-0.39, 0.29) is 6.61 Å². The number of rotatable bonds is 4. The lowest BCUT2D eigenvalue weighted by atomic mass is 10.1. The zero-order chi connectivity index (χ0) is 14.7. The predicted octanol–water partition coefficient (Wildman–Crippen LogP) is 2.05. The molecule has 106 valence electrons. The second-order valence-corrected chi connectivity index (χ2v) is 4.89. The molecular formula is C16H16N4O. The molecule has 0 bridgehead atoms. The molecule has 0 aliphatic heterocycles. The molecule has 2 heterocycles. The molecule has 0 saturated carbocycles. The minimum atomic E-state index is -0.0913. The van der Waals surface area contributed by atoms with E-state index in [2.05, 4.69) is 27.4 Å². The fraction of sp³-hybridized carbons (Fsp3) is 0.188.